The van der Waals surface area contributed by atoms with Gasteiger partial charge in [0.25, 0.3) is 0 Å². The van der Waals surface area contributed by atoms with E-state index in [-0.39, 0.29) is 6.04 Å². The Kier molecular flexibility index (Phi) is 3.96. The minimum atomic E-state index is 0.286. The summed E-state index contributed by atoms with van der Waals surface area (Å²) >= 11 is 1.75. The first kappa shape index (κ1) is 12.8. The van der Waals surface area contributed by atoms with Crippen LogP contribution in [-0.2, 0) is 6.42 Å². The maximum Gasteiger partial charge on any atom is 0.116 e. The van der Waals surface area contributed by atoms with E-state index in [2.05, 4.69) is 27.4 Å². The molecule has 4 nitrogen and oxygen atoms in total. The van der Waals surface area contributed by atoms with Crippen LogP contribution in [0, 0.1) is 0 Å². The Morgan fingerprint density at radius 2 is 2.26 bits per heavy atom. The first-order chi connectivity index (χ1) is 9.38. The average Bonchev–Trinajstić information content (AvgIpc) is 3.13. The highest BCUT2D eigenvalue weighted by molar-refractivity contribution is 7.09. The van der Waals surface area contributed by atoms with Gasteiger partial charge >= 0.3 is 0 Å². The molecule has 2 aromatic rings. The van der Waals surface area contributed by atoms with Crippen LogP contribution >= 0.6 is 11.3 Å². The van der Waals surface area contributed by atoms with Crippen molar-refractivity contribution in [3.8, 4) is 0 Å². The van der Waals surface area contributed by atoms with Gasteiger partial charge in [-0.25, -0.2) is 4.98 Å². The van der Waals surface area contributed by atoms with Crippen molar-refractivity contribution in [2.24, 2.45) is 5.73 Å². The number of hydrogen-bond acceptors (Lipinski definition) is 4. The number of rotatable bonds is 5. The predicted octanol–water partition coefficient (Wildman–Crippen LogP) is 2.16. The van der Waals surface area contributed by atoms with Gasteiger partial charge < -0.3 is 10.7 Å². The molecule has 1 unspecified atom stereocenters. The lowest BCUT2D eigenvalue weighted by molar-refractivity contribution is 0.276. The van der Waals surface area contributed by atoms with Crippen molar-refractivity contribution in [3.05, 3.63) is 40.1 Å². The summed E-state index contributed by atoms with van der Waals surface area (Å²) in [5.41, 5.74) is 7.98. The number of aromatic amines is 1. The van der Waals surface area contributed by atoms with Crippen molar-refractivity contribution in [1.29, 1.82) is 0 Å². The molecule has 102 valence electrons. The summed E-state index contributed by atoms with van der Waals surface area (Å²) < 4.78 is 0. The Hall–Kier alpha value is -1.17. The first-order valence-corrected chi connectivity index (χ1v) is 7.78. The summed E-state index contributed by atoms with van der Waals surface area (Å²) in [6.07, 6.45) is 5.44. The highest BCUT2D eigenvalue weighted by atomic mass is 32.1. The van der Waals surface area contributed by atoms with E-state index >= 15 is 0 Å². The molecule has 2 aromatic heterocycles. The normalized spacial score (nSPS) is 17.9. The second-order valence-electron chi connectivity index (χ2n) is 4.99. The van der Waals surface area contributed by atoms with Crippen molar-refractivity contribution >= 4 is 11.3 Å². The quantitative estimate of drug-likeness (QED) is 0.880. The largest absolute Gasteiger partial charge is 0.363 e. The third-order valence-electron chi connectivity index (χ3n) is 3.63. The molecule has 19 heavy (non-hydrogen) atoms. The lowest BCUT2D eigenvalue weighted by atomic mass is 10.2. The molecule has 1 atom stereocenters. The van der Waals surface area contributed by atoms with Crippen LogP contribution in [0.25, 0.3) is 0 Å². The summed E-state index contributed by atoms with van der Waals surface area (Å²) in [6, 6.07) is 4.51. The summed E-state index contributed by atoms with van der Waals surface area (Å²) in [5, 5.41) is 3.33. The van der Waals surface area contributed by atoms with Crippen molar-refractivity contribution < 1.29 is 0 Å². The molecule has 5 heteroatoms. The topological polar surface area (TPSA) is 57.9 Å². The van der Waals surface area contributed by atoms with Gasteiger partial charge in [0.1, 0.15) is 11.0 Å². The van der Waals surface area contributed by atoms with Gasteiger partial charge in [-0.15, -0.1) is 11.3 Å². The van der Waals surface area contributed by atoms with Crippen LogP contribution in [0.4, 0.5) is 0 Å². The van der Waals surface area contributed by atoms with E-state index < -0.39 is 0 Å². The van der Waals surface area contributed by atoms with E-state index in [4.69, 9.17) is 10.7 Å². The highest BCUT2D eigenvalue weighted by Crippen LogP contribution is 2.32. The third kappa shape index (κ3) is 2.73. The maximum atomic E-state index is 5.61. The van der Waals surface area contributed by atoms with E-state index in [0.717, 1.165) is 25.2 Å². The molecular formula is C14H20N4S. The lowest BCUT2D eigenvalue weighted by Crippen LogP contribution is -2.26. The Bertz CT molecular complexity index is 499. The SMILES string of the molecule is NCCc1csc(C(c2ccc[nH]2)N2CCCC2)n1. The van der Waals surface area contributed by atoms with E-state index in [9.17, 15) is 0 Å². The average molecular weight is 276 g/mol. The predicted molar refractivity (Wildman–Crippen MR) is 78.3 cm³/mol. The van der Waals surface area contributed by atoms with Gasteiger partial charge in [0.15, 0.2) is 0 Å². The smallest absolute Gasteiger partial charge is 0.116 e. The van der Waals surface area contributed by atoms with Gasteiger partial charge in [-0.1, -0.05) is 0 Å². The summed E-state index contributed by atoms with van der Waals surface area (Å²) in [5.74, 6) is 0. The van der Waals surface area contributed by atoms with Gasteiger partial charge in [0.2, 0.25) is 0 Å². The summed E-state index contributed by atoms with van der Waals surface area (Å²) in [6.45, 7) is 2.99. The first-order valence-electron chi connectivity index (χ1n) is 6.90. The number of thiazole rings is 1. The minimum absolute atomic E-state index is 0.286. The molecule has 0 spiro atoms. The van der Waals surface area contributed by atoms with Crippen LogP contribution in [0.15, 0.2) is 23.7 Å². The number of nitrogens with zero attached hydrogens (tertiary/aromatic N) is 2. The van der Waals surface area contributed by atoms with Gasteiger partial charge in [-0.3, -0.25) is 4.90 Å². The van der Waals surface area contributed by atoms with E-state index in [1.165, 1.54) is 23.5 Å². The fourth-order valence-corrected chi connectivity index (χ4v) is 3.71. The van der Waals surface area contributed by atoms with Gasteiger partial charge in [0.05, 0.1) is 5.69 Å². The number of H-pyrrole nitrogens is 1. The molecule has 0 aliphatic carbocycles. The van der Waals surface area contributed by atoms with Crippen LogP contribution in [0.2, 0.25) is 0 Å². The monoisotopic (exact) mass is 276 g/mol. The molecule has 1 aliphatic heterocycles. The molecule has 1 saturated heterocycles. The number of aromatic nitrogens is 2. The summed E-state index contributed by atoms with van der Waals surface area (Å²) in [4.78, 5) is 10.7. The fraction of sp³-hybridized carbons (Fsp3) is 0.500. The number of nitrogens with one attached hydrogen (secondary N) is 1. The minimum Gasteiger partial charge on any atom is -0.363 e. The zero-order valence-electron chi connectivity index (χ0n) is 11.0. The Morgan fingerprint density at radius 1 is 1.42 bits per heavy atom. The molecule has 3 N–H and O–H groups in total. The fourth-order valence-electron chi connectivity index (χ4n) is 2.71. The Balaban J connectivity index is 1.89. The molecule has 1 aliphatic rings. The van der Waals surface area contributed by atoms with E-state index in [1.807, 2.05) is 6.20 Å². The number of likely N-dealkylation sites (tertiary alicyclic amines) is 1. The molecule has 0 saturated carbocycles. The summed E-state index contributed by atoms with van der Waals surface area (Å²) in [7, 11) is 0. The molecule has 0 aromatic carbocycles. The zero-order valence-corrected chi connectivity index (χ0v) is 11.8. The van der Waals surface area contributed by atoms with Crippen molar-refractivity contribution in [3.63, 3.8) is 0 Å². The molecular weight excluding hydrogens is 256 g/mol. The van der Waals surface area contributed by atoms with Crippen LogP contribution in [-0.4, -0.2) is 34.5 Å². The standard InChI is InChI=1S/C14H20N4S/c15-6-5-11-10-19-14(17-11)13(12-4-3-7-16-12)18-8-1-2-9-18/h3-4,7,10,13,16H,1-2,5-6,8-9,15H2. The Labute approximate surface area is 117 Å². The molecule has 0 radical (unpaired) electrons. The maximum absolute atomic E-state index is 5.61. The van der Waals surface area contributed by atoms with Gasteiger partial charge in [0, 0.05) is 23.7 Å². The third-order valence-corrected chi connectivity index (χ3v) is 4.57. The van der Waals surface area contributed by atoms with E-state index in [0.29, 0.717) is 6.54 Å². The zero-order chi connectivity index (χ0) is 13.1. The second kappa shape index (κ2) is 5.86. The van der Waals surface area contributed by atoms with Crippen molar-refractivity contribution in [1.82, 2.24) is 14.9 Å². The number of nitrogens with two attached hydrogens (primary N) is 1. The molecule has 0 bridgehead atoms. The molecule has 3 rings (SSSR count). The van der Waals surface area contributed by atoms with Crippen molar-refractivity contribution in [2.45, 2.75) is 25.3 Å². The number of hydrogen-bond donors (Lipinski definition) is 2. The second-order valence-corrected chi connectivity index (χ2v) is 5.88. The van der Waals surface area contributed by atoms with Crippen LogP contribution in [0.5, 0.6) is 0 Å². The highest BCUT2D eigenvalue weighted by Gasteiger charge is 2.27. The van der Waals surface area contributed by atoms with E-state index in [1.54, 1.807) is 11.3 Å². The van der Waals surface area contributed by atoms with Gasteiger partial charge in [-0.05, 0) is 44.6 Å². The molecule has 1 fully saturated rings. The van der Waals surface area contributed by atoms with Crippen LogP contribution in [0.1, 0.15) is 35.3 Å². The molecule has 3 heterocycles. The van der Waals surface area contributed by atoms with Crippen LogP contribution in [0.3, 0.4) is 0 Å². The van der Waals surface area contributed by atoms with Crippen molar-refractivity contribution in [2.75, 3.05) is 19.6 Å². The van der Waals surface area contributed by atoms with Gasteiger partial charge in [-0.2, -0.15) is 0 Å². The molecule has 0 amide bonds. The lowest BCUT2D eigenvalue weighted by Gasteiger charge is -2.24. The Morgan fingerprint density at radius 3 is 2.95 bits per heavy atom. The van der Waals surface area contributed by atoms with Crippen LogP contribution < -0.4 is 5.73 Å².